The quantitative estimate of drug-likeness (QED) is 0.782. The van der Waals surface area contributed by atoms with Gasteiger partial charge in [0, 0.05) is 18.2 Å². The van der Waals surface area contributed by atoms with Crippen molar-refractivity contribution < 1.29 is 19.1 Å². The number of fused-ring (bicyclic) bond motifs is 1. The number of nitrogens with zero attached hydrogens (tertiary/aromatic N) is 1. The maximum atomic E-state index is 12.7. The van der Waals surface area contributed by atoms with Crippen molar-refractivity contribution in [3.05, 3.63) is 34.9 Å². The first-order valence-electron chi connectivity index (χ1n) is 10.0. The lowest BCUT2D eigenvalue weighted by molar-refractivity contribution is 0.0475. The van der Waals surface area contributed by atoms with Crippen LogP contribution in [0.4, 0.5) is 0 Å². The highest BCUT2D eigenvalue weighted by Crippen LogP contribution is 2.44. The van der Waals surface area contributed by atoms with Gasteiger partial charge >= 0.3 is 0 Å². The number of ether oxygens (including phenoxy) is 1. The SMILES string of the molecule is O=C(NC(C1CC1)C1CC1)c1ccc2c(c1)C(=O)N(C[C@H]1CCCO1)C2=O. The Morgan fingerprint density at radius 1 is 1.07 bits per heavy atom. The molecule has 3 fully saturated rings. The molecule has 2 heterocycles. The Labute approximate surface area is 158 Å². The van der Waals surface area contributed by atoms with Crippen LogP contribution in [0.2, 0.25) is 0 Å². The Balaban J connectivity index is 1.33. The smallest absolute Gasteiger partial charge is 0.261 e. The second-order valence-corrected chi connectivity index (χ2v) is 8.29. The first kappa shape index (κ1) is 16.9. The van der Waals surface area contributed by atoms with Gasteiger partial charge in [0.05, 0.1) is 23.8 Å². The first-order chi connectivity index (χ1) is 13.1. The van der Waals surface area contributed by atoms with Crippen LogP contribution in [-0.2, 0) is 4.74 Å². The molecular formula is C21H24N2O4. The zero-order valence-electron chi connectivity index (χ0n) is 15.3. The summed E-state index contributed by atoms with van der Waals surface area (Å²) < 4.78 is 5.56. The molecular weight excluding hydrogens is 344 g/mol. The van der Waals surface area contributed by atoms with Gasteiger partial charge in [0.25, 0.3) is 17.7 Å². The minimum Gasteiger partial charge on any atom is -0.376 e. The van der Waals surface area contributed by atoms with E-state index >= 15 is 0 Å². The molecule has 5 rings (SSSR count). The number of carbonyl (C=O) groups is 3. The van der Waals surface area contributed by atoms with Gasteiger partial charge < -0.3 is 10.1 Å². The summed E-state index contributed by atoms with van der Waals surface area (Å²) in [5.41, 5.74) is 1.18. The minimum atomic E-state index is -0.318. The second-order valence-electron chi connectivity index (χ2n) is 8.29. The van der Waals surface area contributed by atoms with Crippen molar-refractivity contribution in [3.63, 3.8) is 0 Å². The molecule has 1 atom stereocenters. The highest BCUT2D eigenvalue weighted by atomic mass is 16.5. The van der Waals surface area contributed by atoms with E-state index in [0.717, 1.165) is 12.8 Å². The van der Waals surface area contributed by atoms with Gasteiger partial charge in [-0.3, -0.25) is 19.3 Å². The molecule has 1 aromatic rings. The van der Waals surface area contributed by atoms with Crippen LogP contribution in [0.25, 0.3) is 0 Å². The summed E-state index contributed by atoms with van der Waals surface area (Å²) >= 11 is 0. The molecule has 1 saturated heterocycles. The predicted octanol–water partition coefficient (Wildman–Crippen LogP) is 2.38. The zero-order chi connectivity index (χ0) is 18.5. The van der Waals surface area contributed by atoms with Crippen LogP contribution in [0.15, 0.2) is 18.2 Å². The molecule has 27 heavy (non-hydrogen) atoms. The van der Waals surface area contributed by atoms with Crippen LogP contribution in [-0.4, -0.2) is 47.9 Å². The van der Waals surface area contributed by atoms with Crippen LogP contribution >= 0.6 is 0 Å². The van der Waals surface area contributed by atoms with Crippen molar-refractivity contribution in [3.8, 4) is 0 Å². The lowest BCUT2D eigenvalue weighted by Crippen LogP contribution is -2.38. The summed E-state index contributed by atoms with van der Waals surface area (Å²) in [7, 11) is 0. The Kier molecular flexibility index (Phi) is 4.04. The molecule has 0 aromatic heterocycles. The molecule has 1 aromatic carbocycles. The van der Waals surface area contributed by atoms with E-state index < -0.39 is 0 Å². The third-order valence-electron chi connectivity index (χ3n) is 6.20. The fraction of sp³-hybridized carbons (Fsp3) is 0.571. The van der Waals surface area contributed by atoms with E-state index in [1.165, 1.54) is 30.6 Å². The third-order valence-corrected chi connectivity index (χ3v) is 6.20. The third kappa shape index (κ3) is 3.16. The zero-order valence-corrected chi connectivity index (χ0v) is 15.3. The molecule has 142 valence electrons. The topological polar surface area (TPSA) is 75.7 Å². The Morgan fingerprint density at radius 3 is 2.41 bits per heavy atom. The first-order valence-corrected chi connectivity index (χ1v) is 10.0. The van der Waals surface area contributed by atoms with Crippen molar-refractivity contribution in [2.24, 2.45) is 11.8 Å². The van der Waals surface area contributed by atoms with E-state index in [-0.39, 0.29) is 29.9 Å². The summed E-state index contributed by atoms with van der Waals surface area (Å²) in [6.45, 7) is 0.973. The van der Waals surface area contributed by atoms with Gasteiger partial charge in [-0.15, -0.1) is 0 Å². The molecule has 3 amide bonds. The summed E-state index contributed by atoms with van der Waals surface area (Å²) in [6.07, 6.45) is 6.51. The number of nitrogens with one attached hydrogen (secondary N) is 1. The highest BCUT2D eigenvalue weighted by molar-refractivity contribution is 6.22. The van der Waals surface area contributed by atoms with Crippen LogP contribution in [0, 0.1) is 11.8 Å². The van der Waals surface area contributed by atoms with E-state index in [0.29, 0.717) is 41.7 Å². The van der Waals surface area contributed by atoms with Gasteiger partial charge in [-0.25, -0.2) is 0 Å². The molecule has 0 spiro atoms. The fourth-order valence-electron chi connectivity index (χ4n) is 4.36. The van der Waals surface area contributed by atoms with E-state index in [9.17, 15) is 14.4 Å². The summed E-state index contributed by atoms with van der Waals surface area (Å²) in [4.78, 5) is 39.3. The molecule has 6 nitrogen and oxygen atoms in total. The van der Waals surface area contributed by atoms with Crippen molar-refractivity contribution in [2.45, 2.75) is 50.7 Å². The fourth-order valence-corrected chi connectivity index (χ4v) is 4.36. The van der Waals surface area contributed by atoms with E-state index in [1.54, 1.807) is 18.2 Å². The van der Waals surface area contributed by atoms with Crippen molar-refractivity contribution in [1.82, 2.24) is 10.2 Å². The van der Waals surface area contributed by atoms with Gasteiger partial charge in [-0.1, -0.05) is 0 Å². The average Bonchev–Trinajstić information content (AvgIpc) is 3.61. The van der Waals surface area contributed by atoms with Crippen molar-refractivity contribution >= 4 is 17.7 Å². The molecule has 0 unspecified atom stereocenters. The van der Waals surface area contributed by atoms with Gasteiger partial charge in [0.1, 0.15) is 0 Å². The van der Waals surface area contributed by atoms with E-state index in [2.05, 4.69) is 5.32 Å². The van der Waals surface area contributed by atoms with Gasteiger partial charge in [-0.05, 0) is 68.6 Å². The molecule has 2 aliphatic heterocycles. The lowest BCUT2D eigenvalue weighted by atomic mass is 10.0. The summed E-state index contributed by atoms with van der Waals surface area (Å²) in [6, 6.07) is 5.12. The number of rotatable bonds is 6. The predicted molar refractivity (Wildman–Crippen MR) is 97.5 cm³/mol. The van der Waals surface area contributed by atoms with Gasteiger partial charge in [-0.2, -0.15) is 0 Å². The number of imide groups is 1. The Hall–Kier alpha value is -2.21. The largest absolute Gasteiger partial charge is 0.376 e. The number of benzene rings is 1. The summed E-state index contributed by atoms with van der Waals surface area (Å²) in [5, 5.41) is 3.18. The van der Waals surface area contributed by atoms with E-state index in [4.69, 9.17) is 4.74 Å². The average molecular weight is 368 g/mol. The van der Waals surface area contributed by atoms with Crippen LogP contribution < -0.4 is 5.32 Å². The number of amides is 3. The van der Waals surface area contributed by atoms with Crippen molar-refractivity contribution in [1.29, 1.82) is 0 Å². The molecule has 0 bridgehead atoms. The van der Waals surface area contributed by atoms with Crippen LogP contribution in [0.1, 0.15) is 69.6 Å². The number of hydrogen-bond donors (Lipinski definition) is 1. The molecule has 0 radical (unpaired) electrons. The van der Waals surface area contributed by atoms with Crippen molar-refractivity contribution in [2.75, 3.05) is 13.2 Å². The molecule has 2 aliphatic carbocycles. The molecule has 2 saturated carbocycles. The normalized spacial score (nSPS) is 24.6. The standard InChI is InChI=1S/C21H24N2O4/c24-19(22-18(12-3-4-12)13-5-6-13)14-7-8-16-17(10-14)21(26)23(20(16)25)11-15-2-1-9-27-15/h7-8,10,12-13,15,18H,1-6,9,11H2,(H,22,24)/t15-/m1/s1. The Morgan fingerprint density at radius 2 is 1.78 bits per heavy atom. The maximum absolute atomic E-state index is 12.7. The molecule has 1 N–H and O–H groups in total. The van der Waals surface area contributed by atoms with Gasteiger partial charge in [0.15, 0.2) is 0 Å². The lowest BCUT2D eigenvalue weighted by Gasteiger charge is -2.18. The number of hydrogen-bond acceptors (Lipinski definition) is 4. The second kappa shape index (κ2) is 6.44. The number of carbonyl (C=O) groups excluding carboxylic acids is 3. The van der Waals surface area contributed by atoms with Gasteiger partial charge in [0.2, 0.25) is 0 Å². The molecule has 4 aliphatic rings. The minimum absolute atomic E-state index is 0.0761. The van der Waals surface area contributed by atoms with Crippen LogP contribution in [0.5, 0.6) is 0 Å². The monoisotopic (exact) mass is 368 g/mol. The van der Waals surface area contributed by atoms with Crippen LogP contribution in [0.3, 0.4) is 0 Å². The highest BCUT2D eigenvalue weighted by Gasteiger charge is 2.43. The summed E-state index contributed by atoms with van der Waals surface area (Å²) in [5.74, 6) is 0.480. The maximum Gasteiger partial charge on any atom is 0.261 e. The molecule has 6 heteroatoms. The Bertz CT molecular complexity index is 794. The van der Waals surface area contributed by atoms with E-state index in [1.807, 2.05) is 0 Å².